The predicted molar refractivity (Wildman–Crippen MR) is 71.5 cm³/mol. The summed E-state index contributed by atoms with van der Waals surface area (Å²) in [5, 5.41) is 9.72. The minimum absolute atomic E-state index is 0.224. The Bertz CT molecular complexity index is 422. The molecule has 0 spiro atoms. The number of carbonyl (C=O) groups excluding carboxylic acids is 1. The molecule has 0 bridgehead atoms. The molecule has 1 heterocycles. The quantitative estimate of drug-likeness (QED) is 0.853. The summed E-state index contributed by atoms with van der Waals surface area (Å²) in [7, 11) is 0. The molecule has 1 saturated heterocycles. The number of aliphatic hydroxyl groups is 1. The van der Waals surface area contributed by atoms with Gasteiger partial charge in [0, 0.05) is 28.8 Å². The van der Waals surface area contributed by atoms with E-state index in [0.717, 1.165) is 36.0 Å². The molecule has 0 aromatic heterocycles. The summed E-state index contributed by atoms with van der Waals surface area (Å²) in [6, 6.07) is 5.66. The fourth-order valence-corrected chi connectivity index (χ4v) is 2.59. The molecular formula is C13H16BrNO2. The standard InChI is InChI=1S/C13H16BrNO2/c1-9-7-15(5-4-13(9)17)12-6-11(14)3-2-10(12)8-16/h2-3,6,8-9,13,17H,4-5,7H2,1H3. The van der Waals surface area contributed by atoms with Crippen LogP contribution in [0.25, 0.3) is 0 Å². The van der Waals surface area contributed by atoms with Crippen LogP contribution in [0, 0.1) is 5.92 Å². The van der Waals surface area contributed by atoms with E-state index in [9.17, 15) is 9.90 Å². The molecule has 1 aromatic carbocycles. The minimum atomic E-state index is -0.224. The topological polar surface area (TPSA) is 40.5 Å². The van der Waals surface area contributed by atoms with Crippen LogP contribution in [0.2, 0.25) is 0 Å². The number of aldehydes is 1. The molecule has 0 aliphatic carbocycles. The second-order valence-electron chi connectivity index (χ2n) is 4.60. The highest BCUT2D eigenvalue weighted by Gasteiger charge is 2.25. The molecule has 1 aromatic rings. The molecule has 0 amide bonds. The van der Waals surface area contributed by atoms with Crippen LogP contribution in [-0.4, -0.2) is 30.6 Å². The van der Waals surface area contributed by atoms with Crippen LogP contribution >= 0.6 is 15.9 Å². The zero-order valence-electron chi connectivity index (χ0n) is 9.77. The molecule has 2 unspecified atom stereocenters. The number of piperidine rings is 1. The summed E-state index contributed by atoms with van der Waals surface area (Å²) in [6.45, 7) is 3.62. The van der Waals surface area contributed by atoms with Crippen LogP contribution in [0.1, 0.15) is 23.7 Å². The van der Waals surface area contributed by atoms with E-state index in [4.69, 9.17) is 0 Å². The third-order valence-electron chi connectivity index (χ3n) is 3.32. The number of hydrogen-bond acceptors (Lipinski definition) is 3. The van der Waals surface area contributed by atoms with Gasteiger partial charge in [0.15, 0.2) is 6.29 Å². The van der Waals surface area contributed by atoms with E-state index in [-0.39, 0.29) is 12.0 Å². The third-order valence-corrected chi connectivity index (χ3v) is 3.81. The highest BCUT2D eigenvalue weighted by atomic mass is 79.9. The lowest BCUT2D eigenvalue weighted by Crippen LogP contribution is -2.42. The summed E-state index contributed by atoms with van der Waals surface area (Å²) < 4.78 is 0.969. The molecule has 1 N–H and O–H groups in total. The first kappa shape index (κ1) is 12.6. The third kappa shape index (κ3) is 2.69. The van der Waals surface area contributed by atoms with Gasteiger partial charge in [0.1, 0.15) is 0 Å². The molecule has 0 saturated carbocycles. The van der Waals surface area contributed by atoms with Gasteiger partial charge in [0.05, 0.1) is 6.10 Å². The summed E-state index contributed by atoms with van der Waals surface area (Å²) >= 11 is 3.43. The molecule has 17 heavy (non-hydrogen) atoms. The van der Waals surface area contributed by atoms with Crippen molar-refractivity contribution in [3.05, 3.63) is 28.2 Å². The Morgan fingerprint density at radius 1 is 1.53 bits per heavy atom. The first-order chi connectivity index (χ1) is 8.11. The highest BCUT2D eigenvalue weighted by Crippen LogP contribution is 2.28. The molecular weight excluding hydrogens is 282 g/mol. The molecule has 1 aliphatic rings. The Morgan fingerprint density at radius 2 is 2.29 bits per heavy atom. The van der Waals surface area contributed by atoms with Gasteiger partial charge in [-0.3, -0.25) is 4.79 Å². The van der Waals surface area contributed by atoms with Crippen molar-refractivity contribution in [2.45, 2.75) is 19.4 Å². The number of rotatable bonds is 2. The van der Waals surface area contributed by atoms with E-state index >= 15 is 0 Å². The van der Waals surface area contributed by atoms with Crippen molar-refractivity contribution in [2.24, 2.45) is 5.92 Å². The lowest BCUT2D eigenvalue weighted by atomic mass is 9.96. The van der Waals surface area contributed by atoms with Gasteiger partial charge in [-0.25, -0.2) is 0 Å². The molecule has 2 atom stereocenters. The second kappa shape index (κ2) is 5.19. The summed E-state index contributed by atoms with van der Waals surface area (Å²) in [4.78, 5) is 13.2. The van der Waals surface area contributed by atoms with Crippen molar-refractivity contribution in [3.63, 3.8) is 0 Å². The van der Waals surface area contributed by atoms with Gasteiger partial charge in [-0.1, -0.05) is 22.9 Å². The fourth-order valence-electron chi connectivity index (χ4n) is 2.24. The minimum Gasteiger partial charge on any atom is -0.393 e. The Balaban J connectivity index is 2.27. The number of carbonyl (C=O) groups is 1. The average molecular weight is 298 g/mol. The second-order valence-corrected chi connectivity index (χ2v) is 5.52. The maximum atomic E-state index is 11.0. The van der Waals surface area contributed by atoms with E-state index in [2.05, 4.69) is 20.8 Å². The van der Waals surface area contributed by atoms with Gasteiger partial charge in [-0.05, 0) is 30.5 Å². The molecule has 92 valence electrons. The number of hydrogen-bond donors (Lipinski definition) is 1. The zero-order chi connectivity index (χ0) is 12.4. The zero-order valence-corrected chi connectivity index (χ0v) is 11.4. The predicted octanol–water partition coefficient (Wildman–Crippen LogP) is 2.47. The largest absolute Gasteiger partial charge is 0.393 e. The summed E-state index contributed by atoms with van der Waals surface area (Å²) in [5.41, 5.74) is 1.66. The van der Waals surface area contributed by atoms with Gasteiger partial charge in [0.2, 0.25) is 0 Å². The monoisotopic (exact) mass is 297 g/mol. The van der Waals surface area contributed by atoms with Gasteiger partial charge in [0.25, 0.3) is 0 Å². The van der Waals surface area contributed by atoms with E-state index in [1.54, 1.807) is 0 Å². The van der Waals surface area contributed by atoms with Gasteiger partial charge < -0.3 is 10.0 Å². The van der Waals surface area contributed by atoms with Crippen LogP contribution in [0.5, 0.6) is 0 Å². The van der Waals surface area contributed by atoms with Gasteiger partial charge in [-0.15, -0.1) is 0 Å². The maximum absolute atomic E-state index is 11.0. The van der Waals surface area contributed by atoms with Crippen molar-refractivity contribution >= 4 is 27.9 Å². The van der Waals surface area contributed by atoms with Crippen LogP contribution in [0.15, 0.2) is 22.7 Å². The number of benzene rings is 1. The highest BCUT2D eigenvalue weighted by molar-refractivity contribution is 9.10. The van der Waals surface area contributed by atoms with Crippen molar-refractivity contribution in [1.29, 1.82) is 0 Å². The lowest BCUT2D eigenvalue weighted by Gasteiger charge is -2.36. The molecule has 2 rings (SSSR count). The Kier molecular flexibility index (Phi) is 3.84. The Hall–Kier alpha value is -0.870. The lowest BCUT2D eigenvalue weighted by molar-refractivity contribution is 0.0970. The van der Waals surface area contributed by atoms with Crippen LogP contribution in [0.4, 0.5) is 5.69 Å². The van der Waals surface area contributed by atoms with E-state index in [1.807, 2.05) is 25.1 Å². The Labute approximate surface area is 110 Å². The first-order valence-electron chi connectivity index (χ1n) is 5.79. The Morgan fingerprint density at radius 3 is 2.94 bits per heavy atom. The smallest absolute Gasteiger partial charge is 0.152 e. The van der Waals surface area contributed by atoms with E-state index in [1.165, 1.54) is 0 Å². The molecule has 3 nitrogen and oxygen atoms in total. The van der Waals surface area contributed by atoms with Gasteiger partial charge in [-0.2, -0.15) is 0 Å². The fraction of sp³-hybridized carbons (Fsp3) is 0.462. The molecule has 1 fully saturated rings. The molecule has 4 heteroatoms. The van der Waals surface area contributed by atoms with E-state index < -0.39 is 0 Å². The maximum Gasteiger partial charge on any atom is 0.152 e. The number of nitrogens with zero attached hydrogens (tertiary/aromatic N) is 1. The summed E-state index contributed by atoms with van der Waals surface area (Å²) in [6.07, 6.45) is 1.42. The normalized spacial score (nSPS) is 24.8. The van der Waals surface area contributed by atoms with Crippen molar-refractivity contribution in [3.8, 4) is 0 Å². The number of halogens is 1. The van der Waals surface area contributed by atoms with Gasteiger partial charge >= 0.3 is 0 Å². The molecule has 1 aliphatic heterocycles. The van der Waals surface area contributed by atoms with E-state index in [0.29, 0.717) is 5.56 Å². The van der Waals surface area contributed by atoms with Crippen LogP contribution in [-0.2, 0) is 0 Å². The first-order valence-corrected chi connectivity index (χ1v) is 6.59. The summed E-state index contributed by atoms with van der Waals surface area (Å²) in [5.74, 6) is 0.238. The van der Waals surface area contributed by atoms with Crippen molar-refractivity contribution in [1.82, 2.24) is 0 Å². The molecule has 0 radical (unpaired) electrons. The van der Waals surface area contributed by atoms with Crippen molar-refractivity contribution < 1.29 is 9.90 Å². The van der Waals surface area contributed by atoms with Crippen LogP contribution in [0.3, 0.4) is 0 Å². The number of anilines is 1. The van der Waals surface area contributed by atoms with Crippen molar-refractivity contribution in [2.75, 3.05) is 18.0 Å². The van der Waals surface area contributed by atoms with Crippen LogP contribution < -0.4 is 4.90 Å². The number of aliphatic hydroxyl groups excluding tert-OH is 1. The SMILES string of the molecule is CC1CN(c2cc(Br)ccc2C=O)CCC1O. The average Bonchev–Trinajstić information content (AvgIpc) is 2.32.